The van der Waals surface area contributed by atoms with Crippen LogP contribution in [0.5, 0.6) is 0 Å². The van der Waals surface area contributed by atoms with E-state index in [4.69, 9.17) is 14.2 Å². The predicted molar refractivity (Wildman–Crippen MR) is 73.3 cm³/mol. The minimum atomic E-state index is 0.0303. The zero-order valence-electron chi connectivity index (χ0n) is 11.7. The fourth-order valence-electron chi connectivity index (χ4n) is 1.79. The van der Waals surface area contributed by atoms with Crippen LogP contribution in [0.15, 0.2) is 24.0 Å². The second kappa shape index (κ2) is 9.17. The SMILES string of the molecule is C=C(C)COC=C(C)CCCOC1CCCCO1. The van der Waals surface area contributed by atoms with Crippen LogP contribution in [0.2, 0.25) is 0 Å². The second-order valence-corrected chi connectivity index (χ2v) is 5.00. The van der Waals surface area contributed by atoms with Crippen LogP contribution >= 0.6 is 0 Å². The van der Waals surface area contributed by atoms with Crippen LogP contribution in [-0.2, 0) is 14.2 Å². The Morgan fingerprint density at radius 1 is 1.39 bits per heavy atom. The van der Waals surface area contributed by atoms with E-state index >= 15 is 0 Å². The minimum absolute atomic E-state index is 0.0303. The lowest BCUT2D eigenvalue weighted by molar-refractivity contribution is -0.162. The number of ether oxygens (including phenoxy) is 3. The second-order valence-electron chi connectivity index (χ2n) is 5.00. The molecule has 1 aliphatic rings. The minimum Gasteiger partial charge on any atom is -0.497 e. The molecule has 0 amide bonds. The van der Waals surface area contributed by atoms with Gasteiger partial charge in [0.1, 0.15) is 6.61 Å². The van der Waals surface area contributed by atoms with E-state index in [0.29, 0.717) is 6.61 Å². The quantitative estimate of drug-likeness (QED) is 0.374. The van der Waals surface area contributed by atoms with Gasteiger partial charge < -0.3 is 14.2 Å². The first-order valence-corrected chi connectivity index (χ1v) is 6.83. The smallest absolute Gasteiger partial charge is 0.157 e. The Bertz CT molecular complexity index is 265. The van der Waals surface area contributed by atoms with Gasteiger partial charge in [0.2, 0.25) is 0 Å². The number of allylic oxidation sites excluding steroid dienone is 1. The normalized spacial score (nSPS) is 20.8. The topological polar surface area (TPSA) is 27.7 Å². The lowest BCUT2D eigenvalue weighted by atomic mass is 10.2. The highest BCUT2D eigenvalue weighted by molar-refractivity contribution is 4.95. The van der Waals surface area contributed by atoms with Gasteiger partial charge in [-0.3, -0.25) is 0 Å². The Hall–Kier alpha value is -0.800. The van der Waals surface area contributed by atoms with Crippen LogP contribution in [0.1, 0.15) is 46.0 Å². The maximum absolute atomic E-state index is 5.67. The molecule has 0 bridgehead atoms. The maximum Gasteiger partial charge on any atom is 0.157 e. The molecule has 1 unspecified atom stereocenters. The fraction of sp³-hybridized carbons (Fsp3) is 0.733. The monoisotopic (exact) mass is 254 g/mol. The van der Waals surface area contributed by atoms with Gasteiger partial charge in [0.25, 0.3) is 0 Å². The summed E-state index contributed by atoms with van der Waals surface area (Å²) in [4.78, 5) is 0. The Kier molecular flexibility index (Phi) is 7.78. The van der Waals surface area contributed by atoms with Gasteiger partial charge in [-0.2, -0.15) is 0 Å². The van der Waals surface area contributed by atoms with Gasteiger partial charge in [0.15, 0.2) is 6.29 Å². The lowest BCUT2D eigenvalue weighted by Gasteiger charge is -2.22. The van der Waals surface area contributed by atoms with E-state index in [1.807, 2.05) is 13.2 Å². The van der Waals surface area contributed by atoms with Crippen molar-refractivity contribution in [2.75, 3.05) is 19.8 Å². The maximum atomic E-state index is 5.67. The Morgan fingerprint density at radius 3 is 2.89 bits per heavy atom. The molecule has 3 heteroatoms. The summed E-state index contributed by atoms with van der Waals surface area (Å²) in [6.07, 6.45) is 7.30. The molecule has 18 heavy (non-hydrogen) atoms. The molecule has 0 aromatic heterocycles. The molecule has 1 saturated heterocycles. The molecule has 0 aromatic carbocycles. The summed E-state index contributed by atoms with van der Waals surface area (Å²) in [5, 5.41) is 0. The van der Waals surface area contributed by atoms with Crippen molar-refractivity contribution in [3.8, 4) is 0 Å². The van der Waals surface area contributed by atoms with Gasteiger partial charge in [-0.05, 0) is 57.1 Å². The first-order chi connectivity index (χ1) is 8.68. The van der Waals surface area contributed by atoms with Crippen LogP contribution in [0.4, 0.5) is 0 Å². The first kappa shape index (κ1) is 15.3. The Labute approximate surface area is 111 Å². The van der Waals surface area contributed by atoms with Crippen LogP contribution in [0.25, 0.3) is 0 Å². The van der Waals surface area contributed by atoms with Crippen molar-refractivity contribution in [1.29, 1.82) is 0 Å². The van der Waals surface area contributed by atoms with Crippen LogP contribution in [-0.4, -0.2) is 26.1 Å². The summed E-state index contributed by atoms with van der Waals surface area (Å²) in [5.41, 5.74) is 2.28. The van der Waals surface area contributed by atoms with Crippen LogP contribution < -0.4 is 0 Å². The van der Waals surface area contributed by atoms with Gasteiger partial charge in [-0.15, -0.1) is 0 Å². The standard InChI is InChI=1S/C15H26O3/c1-13(2)11-16-12-14(3)7-6-10-18-15-8-4-5-9-17-15/h12,15H,1,4-11H2,2-3H3. The van der Waals surface area contributed by atoms with E-state index < -0.39 is 0 Å². The summed E-state index contributed by atoms with van der Waals surface area (Å²) in [6.45, 7) is 10.0. The van der Waals surface area contributed by atoms with Crippen molar-refractivity contribution in [1.82, 2.24) is 0 Å². The third-order valence-corrected chi connectivity index (χ3v) is 2.77. The molecule has 0 saturated carbocycles. The van der Waals surface area contributed by atoms with E-state index in [2.05, 4.69) is 13.5 Å². The largest absolute Gasteiger partial charge is 0.497 e. The van der Waals surface area contributed by atoms with Crippen molar-refractivity contribution in [2.45, 2.75) is 52.2 Å². The lowest BCUT2D eigenvalue weighted by Crippen LogP contribution is -2.22. The van der Waals surface area contributed by atoms with Crippen LogP contribution in [0, 0.1) is 0 Å². The molecular formula is C15H26O3. The highest BCUT2D eigenvalue weighted by atomic mass is 16.7. The molecule has 104 valence electrons. The molecule has 1 aliphatic heterocycles. The highest BCUT2D eigenvalue weighted by Crippen LogP contribution is 2.14. The van der Waals surface area contributed by atoms with Crippen molar-refractivity contribution in [2.24, 2.45) is 0 Å². The predicted octanol–water partition coefficient (Wildman–Crippen LogP) is 3.81. The van der Waals surface area contributed by atoms with Crippen LogP contribution in [0.3, 0.4) is 0 Å². The first-order valence-electron chi connectivity index (χ1n) is 6.83. The van der Waals surface area contributed by atoms with Crippen molar-refractivity contribution in [3.63, 3.8) is 0 Å². The Balaban J connectivity index is 2.00. The number of rotatable bonds is 8. The molecule has 0 aliphatic carbocycles. The van der Waals surface area contributed by atoms with E-state index in [1.165, 1.54) is 18.4 Å². The average molecular weight is 254 g/mol. The van der Waals surface area contributed by atoms with E-state index in [9.17, 15) is 0 Å². The molecule has 1 fully saturated rings. The molecule has 1 heterocycles. The summed E-state index contributed by atoms with van der Waals surface area (Å²) >= 11 is 0. The van der Waals surface area contributed by atoms with Gasteiger partial charge in [-0.1, -0.05) is 6.58 Å². The van der Waals surface area contributed by atoms with Gasteiger partial charge in [0.05, 0.1) is 12.9 Å². The summed E-state index contributed by atoms with van der Waals surface area (Å²) in [5.74, 6) is 0. The summed E-state index contributed by atoms with van der Waals surface area (Å²) in [7, 11) is 0. The van der Waals surface area contributed by atoms with E-state index in [-0.39, 0.29) is 6.29 Å². The Morgan fingerprint density at radius 2 is 2.22 bits per heavy atom. The van der Waals surface area contributed by atoms with Crippen molar-refractivity contribution in [3.05, 3.63) is 24.0 Å². The number of hydrogen-bond acceptors (Lipinski definition) is 3. The van der Waals surface area contributed by atoms with Gasteiger partial charge in [0, 0.05) is 6.61 Å². The molecule has 0 N–H and O–H groups in total. The molecule has 0 radical (unpaired) electrons. The third kappa shape index (κ3) is 7.51. The zero-order chi connectivity index (χ0) is 13.2. The molecule has 3 nitrogen and oxygen atoms in total. The van der Waals surface area contributed by atoms with Crippen molar-refractivity contribution < 1.29 is 14.2 Å². The zero-order valence-corrected chi connectivity index (χ0v) is 11.7. The summed E-state index contributed by atoms with van der Waals surface area (Å²) < 4.78 is 16.6. The third-order valence-electron chi connectivity index (χ3n) is 2.77. The fourth-order valence-corrected chi connectivity index (χ4v) is 1.79. The molecule has 1 atom stereocenters. The van der Waals surface area contributed by atoms with Crippen molar-refractivity contribution >= 4 is 0 Å². The van der Waals surface area contributed by atoms with E-state index in [0.717, 1.165) is 38.0 Å². The molecule has 0 aromatic rings. The summed E-state index contributed by atoms with van der Waals surface area (Å²) in [6, 6.07) is 0. The van der Waals surface area contributed by atoms with Gasteiger partial charge >= 0.3 is 0 Å². The highest BCUT2D eigenvalue weighted by Gasteiger charge is 2.13. The van der Waals surface area contributed by atoms with E-state index in [1.54, 1.807) is 0 Å². The average Bonchev–Trinajstić information content (AvgIpc) is 2.35. The van der Waals surface area contributed by atoms with Gasteiger partial charge in [-0.25, -0.2) is 0 Å². The molecular weight excluding hydrogens is 228 g/mol. The number of hydrogen-bond donors (Lipinski definition) is 0. The molecule has 1 rings (SSSR count). The molecule has 0 spiro atoms.